The van der Waals surface area contributed by atoms with Crippen LogP contribution in [-0.2, 0) is 0 Å². The quantitative estimate of drug-likeness (QED) is 0.516. The number of hydrogen-bond donors (Lipinski definition) is 1. The Labute approximate surface area is 82.6 Å². The third kappa shape index (κ3) is 4.29. The van der Waals surface area contributed by atoms with E-state index in [0.29, 0.717) is 0 Å². The molecule has 0 heterocycles. The lowest BCUT2D eigenvalue weighted by atomic mass is 10.2. The number of aliphatic hydroxyl groups is 1. The maximum atomic E-state index is 9.27. The molecule has 0 amide bonds. The fourth-order valence-electron chi connectivity index (χ4n) is 1.62. The van der Waals surface area contributed by atoms with Crippen LogP contribution in [0.5, 0.6) is 0 Å². The van der Waals surface area contributed by atoms with Crippen LogP contribution in [0.15, 0.2) is 0 Å². The molecule has 1 atom stereocenters. The summed E-state index contributed by atoms with van der Waals surface area (Å²) in [5, 5.41) is 9.27. The van der Waals surface area contributed by atoms with Crippen molar-refractivity contribution in [2.75, 3.05) is 26.2 Å². The summed E-state index contributed by atoms with van der Waals surface area (Å²) in [5.74, 6) is 0. The zero-order valence-electron chi connectivity index (χ0n) is 8.68. The van der Waals surface area contributed by atoms with Gasteiger partial charge in [0.15, 0.2) is 0 Å². The fourth-order valence-corrected chi connectivity index (χ4v) is 1.62. The largest absolute Gasteiger partial charge is 1.00 e. The highest BCUT2D eigenvalue weighted by atomic mass is 35.5. The number of aliphatic hydroxyl groups excluding tert-OH is 1. The molecule has 1 unspecified atom stereocenters. The van der Waals surface area contributed by atoms with E-state index >= 15 is 0 Å². The van der Waals surface area contributed by atoms with Crippen LogP contribution < -0.4 is 12.4 Å². The molecule has 0 saturated carbocycles. The van der Waals surface area contributed by atoms with Crippen LogP contribution in [0.25, 0.3) is 0 Å². The van der Waals surface area contributed by atoms with Gasteiger partial charge in [0.25, 0.3) is 0 Å². The van der Waals surface area contributed by atoms with Gasteiger partial charge in [0, 0.05) is 0 Å². The molecule has 0 aliphatic heterocycles. The van der Waals surface area contributed by atoms with Crippen LogP contribution >= 0.6 is 0 Å². The molecule has 0 aromatic rings. The highest BCUT2D eigenvalue weighted by Crippen LogP contribution is 2.06. The highest BCUT2D eigenvalue weighted by Gasteiger charge is 2.22. The van der Waals surface area contributed by atoms with Crippen molar-refractivity contribution in [1.82, 2.24) is 0 Å². The number of likely N-dealkylation sites (N-methyl/N-ethyl adjacent to an activating group) is 1. The van der Waals surface area contributed by atoms with Gasteiger partial charge < -0.3 is 22.0 Å². The van der Waals surface area contributed by atoms with E-state index in [-0.39, 0.29) is 18.5 Å². The van der Waals surface area contributed by atoms with Crippen molar-refractivity contribution in [3.05, 3.63) is 0 Å². The van der Waals surface area contributed by atoms with E-state index in [1.54, 1.807) is 0 Å². The summed E-state index contributed by atoms with van der Waals surface area (Å²) in [6, 6.07) is 0. The molecule has 0 rings (SSSR count). The zero-order chi connectivity index (χ0) is 8.91. The number of rotatable bonds is 5. The Kier molecular flexibility index (Phi) is 8.21. The van der Waals surface area contributed by atoms with Crippen LogP contribution in [-0.4, -0.2) is 41.9 Å². The van der Waals surface area contributed by atoms with Crippen LogP contribution in [0.3, 0.4) is 0 Å². The average Bonchev–Trinajstić information content (AvgIpc) is 2.00. The Hall–Kier alpha value is 0.210. The first-order valence-electron chi connectivity index (χ1n) is 4.63. The van der Waals surface area contributed by atoms with E-state index in [0.717, 1.165) is 30.7 Å². The lowest BCUT2D eigenvalue weighted by Gasteiger charge is -2.36. The summed E-state index contributed by atoms with van der Waals surface area (Å²) in [6.45, 7) is 12.7. The Balaban J connectivity index is 0. The van der Waals surface area contributed by atoms with Crippen molar-refractivity contribution >= 4 is 0 Å². The average molecular weight is 196 g/mol. The molecule has 0 fully saturated rings. The molecular formula is C9H22ClNO. The van der Waals surface area contributed by atoms with Crippen molar-refractivity contribution in [2.24, 2.45) is 0 Å². The second-order valence-corrected chi connectivity index (χ2v) is 3.32. The van der Waals surface area contributed by atoms with Gasteiger partial charge in [-0.25, -0.2) is 0 Å². The topological polar surface area (TPSA) is 20.2 Å². The zero-order valence-corrected chi connectivity index (χ0v) is 9.43. The number of nitrogens with zero attached hydrogens (tertiary/aromatic N) is 1. The third-order valence-corrected chi connectivity index (χ3v) is 2.66. The molecule has 76 valence electrons. The Bertz CT molecular complexity index is 94.4. The summed E-state index contributed by atoms with van der Waals surface area (Å²) < 4.78 is 1.04. The van der Waals surface area contributed by atoms with E-state index in [4.69, 9.17) is 0 Å². The highest BCUT2D eigenvalue weighted by molar-refractivity contribution is 4.45. The van der Waals surface area contributed by atoms with Gasteiger partial charge in [-0.3, -0.25) is 0 Å². The van der Waals surface area contributed by atoms with Crippen molar-refractivity contribution in [3.63, 3.8) is 0 Å². The first-order chi connectivity index (χ1) is 5.10. The van der Waals surface area contributed by atoms with Crippen LogP contribution in [0.4, 0.5) is 0 Å². The summed E-state index contributed by atoms with van der Waals surface area (Å²) in [4.78, 5) is 0. The summed E-state index contributed by atoms with van der Waals surface area (Å²) in [5.41, 5.74) is 0. The molecule has 0 aliphatic carbocycles. The van der Waals surface area contributed by atoms with E-state index in [9.17, 15) is 5.11 Å². The molecule has 12 heavy (non-hydrogen) atoms. The van der Waals surface area contributed by atoms with E-state index in [2.05, 4.69) is 20.8 Å². The SMILES string of the molecule is CC[N+](CC)(CC)CC(C)O.[Cl-]. The maximum absolute atomic E-state index is 9.27. The minimum absolute atomic E-state index is 0. The molecule has 0 saturated heterocycles. The van der Waals surface area contributed by atoms with Crippen LogP contribution in [0.2, 0.25) is 0 Å². The van der Waals surface area contributed by atoms with E-state index in [1.165, 1.54) is 0 Å². The monoisotopic (exact) mass is 195 g/mol. The molecule has 1 N–H and O–H groups in total. The van der Waals surface area contributed by atoms with E-state index in [1.807, 2.05) is 6.92 Å². The molecule has 3 heteroatoms. The number of hydrogen-bond acceptors (Lipinski definition) is 1. The maximum Gasteiger partial charge on any atom is 0.105 e. The second kappa shape index (κ2) is 6.70. The van der Waals surface area contributed by atoms with Gasteiger partial charge in [-0.05, 0) is 27.7 Å². The number of halogens is 1. The van der Waals surface area contributed by atoms with E-state index < -0.39 is 0 Å². The minimum atomic E-state index is -0.171. The molecule has 0 spiro atoms. The first-order valence-corrected chi connectivity index (χ1v) is 4.63. The van der Waals surface area contributed by atoms with Crippen LogP contribution in [0, 0.1) is 0 Å². The first kappa shape index (κ1) is 14.7. The molecule has 0 bridgehead atoms. The van der Waals surface area contributed by atoms with Gasteiger partial charge in [0.1, 0.15) is 12.6 Å². The fraction of sp³-hybridized carbons (Fsp3) is 1.00. The lowest BCUT2D eigenvalue weighted by Crippen LogP contribution is -3.00. The van der Waals surface area contributed by atoms with Crippen molar-refractivity contribution in [1.29, 1.82) is 0 Å². The van der Waals surface area contributed by atoms with Gasteiger partial charge in [0.2, 0.25) is 0 Å². The number of quaternary nitrogens is 1. The summed E-state index contributed by atoms with van der Waals surface area (Å²) in [6.07, 6.45) is -0.171. The van der Waals surface area contributed by atoms with Gasteiger partial charge >= 0.3 is 0 Å². The summed E-state index contributed by atoms with van der Waals surface area (Å²) >= 11 is 0. The van der Waals surface area contributed by atoms with Gasteiger partial charge in [-0.2, -0.15) is 0 Å². The molecular weight excluding hydrogens is 174 g/mol. The molecule has 0 aliphatic rings. The standard InChI is InChI=1S/C9H22NO.ClH/c1-5-10(6-2,7-3)8-9(4)11;/h9,11H,5-8H2,1-4H3;1H/q+1;/p-1. The van der Waals surface area contributed by atoms with Gasteiger partial charge in [-0.1, -0.05) is 0 Å². The third-order valence-electron chi connectivity index (χ3n) is 2.66. The Morgan fingerprint density at radius 3 is 1.50 bits per heavy atom. The normalized spacial score (nSPS) is 13.8. The molecule has 2 nitrogen and oxygen atoms in total. The molecule has 0 aromatic carbocycles. The summed E-state index contributed by atoms with van der Waals surface area (Å²) in [7, 11) is 0. The van der Waals surface area contributed by atoms with Crippen molar-refractivity contribution in [3.8, 4) is 0 Å². The van der Waals surface area contributed by atoms with Crippen molar-refractivity contribution in [2.45, 2.75) is 33.8 Å². The van der Waals surface area contributed by atoms with Crippen molar-refractivity contribution < 1.29 is 22.0 Å². The minimum Gasteiger partial charge on any atom is -1.00 e. The molecule has 0 aromatic heterocycles. The second-order valence-electron chi connectivity index (χ2n) is 3.32. The lowest BCUT2D eigenvalue weighted by molar-refractivity contribution is -0.925. The predicted octanol–water partition coefficient (Wildman–Crippen LogP) is -1.75. The van der Waals surface area contributed by atoms with Gasteiger partial charge in [0.05, 0.1) is 19.6 Å². The Morgan fingerprint density at radius 2 is 1.42 bits per heavy atom. The smallest absolute Gasteiger partial charge is 0.105 e. The van der Waals surface area contributed by atoms with Gasteiger partial charge in [-0.15, -0.1) is 0 Å². The van der Waals surface area contributed by atoms with Crippen LogP contribution in [0.1, 0.15) is 27.7 Å². The molecule has 0 radical (unpaired) electrons. The Morgan fingerprint density at radius 1 is 1.08 bits per heavy atom. The predicted molar refractivity (Wildman–Crippen MR) is 48.4 cm³/mol.